The van der Waals surface area contributed by atoms with E-state index in [4.69, 9.17) is 0 Å². The average Bonchev–Trinajstić information content (AvgIpc) is 3.04. The Kier molecular flexibility index (Phi) is 2.90. The van der Waals surface area contributed by atoms with E-state index in [2.05, 4.69) is 17.5 Å². The number of para-hydroxylation sites is 1. The van der Waals surface area contributed by atoms with Gasteiger partial charge in [0, 0.05) is 16.8 Å². The van der Waals surface area contributed by atoms with Crippen molar-refractivity contribution in [3.63, 3.8) is 0 Å². The Hall–Kier alpha value is -1.57. The normalized spacial score (nSPS) is 33.9. The lowest BCUT2D eigenvalue weighted by atomic mass is 9.75. The molecule has 1 N–H and O–H groups in total. The van der Waals surface area contributed by atoms with Crippen LogP contribution in [-0.4, -0.2) is 5.91 Å². The van der Waals surface area contributed by atoms with Crippen molar-refractivity contribution in [1.82, 2.24) is 0 Å². The second-order valence-electron chi connectivity index (χ2n) is 6.60. The standard InChI is InChI=1S/C18H21NO/c20-18-16(15-6-1-2-7-17(15)19-18)11-12-8-9-13-4-3-5-14(13)10-12/h1-2,6-7,11-14H,3-5,8-10H2,(H,19,20). The van der Waals surface area contributed by atoms with Crippen LogP contribution in [0.5, 0.6) is 0 Å². The lowest BCUT2D eigenvalue weighted by Crippen LogP contribution is -2.20. The fourth-order valence-corrected chi connectivity index (χ4v) is 4.43. The number of hydrogen-bond donors (Lipinski definition) is 1. The number of benzene rings is 1. The maximum absolute atomic E-state index is 12.2. The predicted octanol–water partition coefficient (Wildman–Crippen LogP) is 4.24. The van der Waals surface area contributed by atoms with Crippen molar-refractivity contribution in [3.05, 3.63) is 35.9 Å². The monoisotopic (exact) mass is 267 g/mol. The van der Waals surface area contributed by atoms with Crippen LogP contribution in [0.2, 0.25) is 0 Å². The first kappa shape index (κ1) is 12.2. The number of carbonyl (C=O) groups excluding carboxylic acids is 1. The van der Waals surface area contributed by atoms with E-state index in [-0.39, 0.29) is 5.91 Å². The molecule has 0 spiro atoms. The number of fused-ring (bicyclic) bond motifs is 2. The summed E-state index contributed by atoms with van der Waals surface area (Å²) in [5.41, 5.74) is 2.96. The summed E-state index contributed by atoms with van der Waals surface area (Å²) in [7, 11) is 0. The van der Waals surface area contributed by atoms with Crippen LogP contribution in [0.4, 0.5) is 5.69 Å². The van der Waals surface area contributed by atoms with Crippen molar-refractivity contribution in [3.8, 4) is 0 Å². The summed E-state index contributed by atoms with van der Waals surface area (Å²) in [6.45, 7) is 0. The van der Waals surface area contributed by atoms with Crippen molar-refractivity contribution >= 4 is 17.2 Å². The fraction of sp³-hybridized carbons (Fsp3) is 0.500. The largest absolute Gasteiger partial charge is 0.321 e. The first-order valence-electron chi connectivity index (χ1n) is 7.94. The molecular weight excluding hydrogens is 246 g/mol. The van der Waals surface area contributed by atoms with E-state index in [1.807, 2.05) is 18.2 Å². The highest BCUT2D eigenvalue weighted by atomic mass is 16.2. The van der Waals surface area contributed by atoms with Crippen molar-refractivity contribution in [2.45, 2.75) is 38.5 Å². The Morgan fingerprint density at radius 2 is 1.90 bits per heavy atom. The zero-order chi connectivity index (χ0) is 13.5. The fourth-order valence-electron chi connectivity index (χ4n) is 4.43. The van der Waals surface area contributed by atoms with Gasteiger partial charge in [0.25, 0.3) is 5.91 Å². The number of nitrogens with one attached hydrogen (secondary N) is 1. The molecule has 20 heavy (non-hydrogen) atoms. The number of rotatable bonds is 1. The van der Waals surface area contributed by atoms with Gasteiger partial charge in [0.05, 0.1) is 0 Å². The first-order valence-corrected chi connectivity index (χ1v) is 7.94. The lowest BCUT2D eigenvalue weighted by molar-refractivity contribution is -0.110. The summed E-state index contributed by atoms with van der Waals surface area (Å²) < 4.78 is 0. The Labute approximate surface area is 120 Å². The van der Waals surface area contributed by atoms with Crippen LogP contribution in [0.15, 0.2) is 30.3 Å². The van der Waals surface area contributed by atoms with Crippen LogP contribution in [0.3, 0.4) is 0 Å². The smallest absolute Gasteiger partial charge is 0.256 e. The molecule has 3 unspecified atom stereocenters. The summed E-state index contributed by atoms with van der Waals surface area (Å²) in [6, 6.07) is 8.04. The SMILES string of the molecule is O=C1Nc2ccccc2C1=CC1CCC2CCCC2C1. The molecule has 3 aliphatic rings. The first-order chi connectivity index (χ1) is 9.81. The highest BCUT2D eigenvalue weighted by molar-refractivity contribution is 6.31. The van der Waals surface area contributed by atoms with Crippen molar-refractivity contribution < 1.29 is 4.79 Å². The molecule has 4 rings (SSSR count). The van der Waals surface area contributed by atoms with E-state index in [1.165, 1.54) is 38.5 Å². The van der Waals surface area contributed by atoms with Crippen LogP contribution in [0.1, 0.15) is 44.1 Å². The summed E-state index contributed by atoms with van der Waals surface area (Å²) in [4.78, 5) is 12.2. The molecule has 2 saturated carbocycles. The third-order valence-corrected chi connectivity index (χ3v) is 5.44. The van der Waals surface area contributed by atoms with E-state index in [0.29, 0.717) is 5.92 Å². The molecular formula is C18H21NO. The summed E-state index contributed by atoms with van der Waals surface area (Å²) >= 11 is 0. The zero-order valence-corrected chi connectivity index (χ0v) is 11.8. The van der Waals surface area contributed by atoms with Gasteiger partial charge in [-0.2, -0.15) is 0 Å². The Morgan fingerprint density at radius 1 is 1.05 bits per heavy atom. The van der Waals surface area contributed by atoms with Gasteiger partial charge < -0.3 is 5.32 Å². The molecule has 2 aliphatic carbocycles. The molecule has 1 aromatic rings. The Balaban J connectivity index is 1.59. The number of allylic oxidation sites excluding steroid dienone is 1. The van der Waals surface area contributed by atoms with Crippen molar-refractivity contribution in [2.24, 2.45) is 17.8 Å². The topological polar surface area (TPSA) is 29.1 Å². The molecule has 1 heterocycles. The van der Waals surface area contributed by atoms with E-state index in [0.717, 1.165) is 28.7 Å². The number of anilines is 1. The molecule has 2 fully saturated rings. The van der Waals surface area contributed by atoms with Crippen molar-refractivity contribution in [1.29, 1.82) is 0 Å². The van der Waals surface area contributed by atoms with E-state index in [1.54, 1.807) is 0 Å². The summed E-state index contributed by atoms with van der Waals surface area (Å²) in [6.07, 6.45) is 10.5. The molecule has 0 saturated heterocycles. The van der Waals surface area contributed by atoms with Crippen LogP contribution < -0.4 is 5.32 Å². The molecule has 2 heteroatoms. The molecule has 3 atom stereocenters. The van der Waals surface area contributed by atoms with Crippen LogP contribution in [0, 0.1) is 17.8 Å². The van der Waals surface area contributed by atoms with Gasteiger partial charge in [-0.15, -0.1) is 0 Å². The zero-order valence-electron chi connectivity index (χ0n) is 11.8. The van der Waals surface area contributed by atoms with Gasteiger partial charge in [0.1, 0.15) is 0 Å². The second-order valence-corrected chi connectivity index (χ2v) is 6.60. The van der Waals surface area contributed by atoms with E-state index < -0.39 is 0 Å². The molecule has 1 aliphatic heterocycles. The van der Waals surface area contributed by atoms with Crippen molar-refractivity contribution in [2.75, 3.05) is 5.32 Å². The Morgan fingerprint density at radius 3 is 2.85 bits per heavy atom. The lowest BCUT2D eigenvalue weighted by Gasteiger charge is -2.30. The summed E-state index contributed by atoms with van der Waals surface area (Å²) in [5, 5.41) is 2.98. The van der Waals surface area contributed by atoms with Gasteiger partial charge in [-0.05, 0) is 43.1 Å². The molecule has 2 nitrogen and oxygen atoms in total. The second kappa shape index (κ2) is 4.76. The van der Waals surface area contributed by atoms with E-state index in [9.17, 15) is 4.79 Å². The highest BCUT2D eigenvalue weighted by Gasteiger charge is 2.34. The maximum Gasteiger partial charge on any atom is 0.256 e. The Bertz CT molecular complexity index is 575. The number of amides is 1. The van der Waals surface area contributed by atoms with Gasteiger partial charge in [-0.3, -0.25) is 4.79 Å². The highest BCUT2D eigenvalue weighted by Crippen LogP contribution is 2.45. The molecule has 0 aromatic heterocycles. The van der Waals surface area contributed by atoms with Gasteiger partial charge in [-0.1, -0.05) is 43.5 Å². The van der Waals surface area contributed by atoms with E-state index >= 15 is 0 Å². The minimum Gasteiger partial charge on any atom is -0.321 e. The van der Waals surface area contributed by atoms with Crippen LogP contribution in [0.25, 0.3) is 5.57 Å². The number of hydrogen-bond acceptors (Lipinski definition) is 1. The third kappa shape index (κ3) is 1.98. The maximum atomic E-state index is 12.2. The molecule has 0 radical (unpaired) electrons. The minimum atomic E-state index is 0.0831. The van der Waals surface area contributed by atoms with Crippen LogP contribution in [-0.2, 0) is 4.79 Å². The molecule has 1 amide bonds. The van der Waals surface area contributed by atoms with Crippen LogP contribution >= 0.6 is 0 Å². The van der Waals surface area contributed by atoms with Gasteiger partial charge in [0.2, 0.25) is 0 Å². The predicted molar refractivity (Wildman–Crippen MR) is 81.2 cm³/mol. The van der Waals surface area contributed by atoms with Gasteiger partial charge in [-0.25, -0.2) is 0 Å². The average molecular weight is 267 g/mol. The molecule has 0 bridgehead atoms. The molecule has 1 aromatic carbocycles. The van der Waals surface area contributed by atoms with Gasteiger partial charge >= 0.3 is 0 Å². The quantitative estimate of drug-likeness (QED) is 0.758. The summed E-state index contributed by atoms with van der Waals surface area (Å²) in [5.74, 6) is 2.58. The third-order valence-electron chi connectivity index (χ3n) is 5.44. The minimum absolute atomic E-state index is 0.0831. The van der Waals surface area contributed by atoms with Gasteiger partial charge in [0.15, 0.2) is 0 Å². The number of carbonyl (C=O) groups is 1. The molecule has 104 valence electrons.